The number of aliphatic hydroxyl groups is 2. The highest BCUT2D eigenvalue weighted by Crippen LogP contribution is 2.51. The number of hydrogen-bond donors (Lipinski definition) is 5. The molecule has 37 heavy (non-hydrogen) atoms. The number of phenolic OH excluding ortho intramolecular Hbond substituents is 2. The lowest BCUT2D eigenvalue weighted by Gasteiger charge is -2.42. The first kappa shape index (κ1) is 27.2. The van der Waals surface area contributed by atoms with E-state index >= 15 is 0 Å². The Morgan fingerprint density at radius 3 is 2.22 bits per heavy atom. The predicted octanol–water partition coefficient (Wildman–Crippen LogP) is 1.44. The number of fused-ring (bicyclic) bond motifs is 3. The van der Waals surface area contributed by atoms with Crippen molar-refractivity contribution in [3.8, 4) is 11.5 Å². The summed E-state index contributed by atoms with van der Waals surface area (Å²) in [4.78, 5) is 39.0. The Labute approximate surface area is 218 Å². The highest BCUT2D eigenvalue weighted by atomic mass is 35.5. The minimum atomic E-state index is -1.97. The summed E-state index contributed by atoms with van der Waals surface area (Å²) >= 11 is 0. The van der Waals surface area contributed by atoms with Crippen LogP contribution in [0.3, 0.4) is 0 Å². The molecular formula is C26H28ClNO9. The van der Waals surface area contributed by atoms with Gasteiger partial charge in [0.2, 0.25) is 0 Å². The summed E-state index contributed by atoms with van der Waals surface area (Å²) in [6, 6.07) is 5.40. The third-order valence-electron chi connectivity index (χ3n) is 7.50. The van der Waals surface area contributed by atoms with Gasteiger partial charge < -0.3 is 35.6 Å². The summed E-state index contributed by atoms with van der Waals surface area (Å²) in [5.41, 5.74) is 3.38. The molecule has 11 heteroatoms. The molecule has 0 bridgehead atoms. The van der Waals surface area contributed by atoms with Crippen LogP contribution in [-0.4, -0.2) is 67.9 Å². The average molecular weight is 534 g/mol. The second kappa shape index (κ2) is 9.46. The number of carbonyl (C=O) groups is 3. The number of carbonyl (C=O) groups excluding carboxylic acids is 3. The molecule has 2 aromatic carbocycles. The van der Waals surface area contributed by atoms with E-state index in [9.17, 15) is 34.8 Å². The van der Waals surface area contributed by atoms with Gasteiger partial charge in [0.15, 0.2) is 23.6 Å². The number of halogens is 1. The lowest BCUT2D eigenvalue weighted by atomic mass is 9.72. The Balaban J connectivity index is 0.00000320. The van der Waals surface area contributed by atoms with E-state index in [1.807, 2.05) is 0 Å². The molecule has 0 aromatic heterocycles. The molecule has 0 spiro atoms. The van der Waals surface area contributed by atoms with Crippen molar-refractivity contribution in [2.24, 2.45) is 5.73 Å². The number of hydrogen-bond acceptors (Lipinski definition) is 10. The van der Waals surface area contributed by atoms with E-state index in [4.69, 9.17) is 15.2 Å². The number of rotatable bonds is 3. The first-order valence-electron chi connectivity index (χ1n) is 11.7. The van der Waals surface area contributed by atoms with Crippen molar-refractivity contribution in [2.75, 3.05) is 0 Å². The van der Waals surface area contributed by atoms with Crippen LogP contribution in [0, 0.1) is 0 Å². The van der Waals surface area contributed by atoms with E-state index in [1.165, 1.54) is 19.1 Å². The molecule has 2 aliphatic carbocycles. The fourth-order valence-corrected chi connectivity index (χ4v) is 5.42. The fraction of sp³-hybridized carbons (Fsp3) is 0.423. The largest absolute Gasteiger partial charge is 0.507 e. The minimum absolute atomic E-state index is 0. The number of benzene rings is 2. The molecule has 6 N–H and O–H groups in total. The highest BCUT2D eigenvalue weighted by molar-refractivity contribution is 6.30. The average Bonchev–Trinajstić information content (AvgIpc) is 2.82. The zero-order chi connectivity index (χ0) is 26.1. The maximum Gasteiger partial charge on any atom is 0.198 e. The van der Waals surface area contributed by atoms with Gasteiger partial charge in [0.1, 0.15) is 17.1 Å². The Kier molecular flexibility index (Phi) is 6.95. The predicted molar refractivity (Wildman–Crippen MR) is 131 cm³/mol. The van der Waals surface area contributed by atoms with Gasteiger partial charge in [0, 0.05) is 47.6 Å². The summed E-state index contributed by atoms with van der Waals surface area (Å²) in [6.45, 7) is 2.80. The van der Waals surface area contributed by atoms with Crippen LogP contribution in [-0.2, 0) is 20.7 Å². The molecule has 1 fully saturated rings. The molecule has 1 heterocycles. The standard InChI is InChI=1S/C26H27NO9.ClH/c1-10-21(29)15(27)7-17(35-10)36-16-9-26(34,11(2)28)8-14-18(16)25(33)20-19(24(14)32)22(30)12-5-3-4-6-13(12)23(20)31;/h3-6,10,15-17,21,29,32-34H,7-9,27H2,1-2H3;1H/t10-,15-,16-,17?,21+,26-;/m0./s1. The van der Waals surface area contributed by atoms with Gasteiger partial charge in [-0.1, -0.05) is 24.3 Å². The van der Waals surface area contributed by atoms with Gasteiger partial charge in [0.05, 0.1) is 29.4 Å². The lowest BCUT2D eigenvalue weighted by molar-refractivity contribution is -0.247. The van der Waals surface area contributed by atoms with E-state index in [-0.39, 0.29) is 58.6 Å². The second-order valence-corrected chi connectivity index (χ2v) is 9.80. The van der Waals surface area contributed by atoms with Crippen molar-refractivity contribution in [1.29, 1.82) is 0 Å². The normalized spacial score (nSPS) is 30.6. The van der Waals surface area contributed by atoms with Crippen molar-refractivity contribution < 1.29 is 44.3 Å². The Morgan fingerprint density at radius 1 is 1.11 bits per heavy atom. The number of nitrogens with two attached hydrogens (primary N) is 1. The number of aromatic hydroxyl groups is 2. The van der Waals surface area contributed by atoms with Crippen molar-refractivity contribution in [3.05, 3.63) is 57.6 Å². The molecule has 1 unspecified atom stereocenters. The Hall–Kier alpha value is -2.86. The third kappa shape index (κ3) is 4.14. The molecule has 10 nitrogen and oxygen atoms in total. The van der Waals surface area contributed by atoms with Gasteiger partial charge in [-0.3, -0.25) is 14.4 Å². The maximum absolute atomic E-state index is 13.3. The van der Waals surface area contributed by atoms with Crippen LogP contribution in [0.1, 0.15) is 75.8 Å². The monoisotopic (exact) mass is 533 g/mol. The molecular weight excluding hydrogens is 506 g/mol. The SMILES string of the molecule is CC(=O)[C@]1(O)Cc2c(O)c3c(c(O)c2[C@@H](OC2C[C@H](N)[C@H](O)[C@H](C)O2)C1)C(=O)c1ccccc1C3=O.Cl. The summed E-state index contributed by atoms with van der Waals surface area (Å²) in [7, 11) is 0. The number of ketones is 3. The van der Waals surface area contributed by atoms with Crippen molar-refractivity contribution in [2.45, 2.75) is 69.4 Å². The summed E-state index contributed by atoms with van der Waals surface area (Å²) in [5.74, 6) is -3.06. The van der Waals surface area contributed by atoms with Crippen LogP contribution in [0.25, 0.3) is 0 Å². The lowest BCUT2D eigenvalue weighted by Crippen LogP contribution is -2.52. The van der Waals surface area contributed by atoms with E-state index in [2.05, 4.69) is 0 Å². The molecule has 1 aliphatic heterocycles. The van der Waals surface area contributed by atoms with Crippen LogP contribution < -0.4 is 5.73 Å². The first-order chi connectivity index (χ1) is 16.9. The number of ether oxygens (including phenoxy) is 2. The molecule has 0 amide bonds. The van der Waals surface area contributed by atoms with Crippen molar-refractivity contribution in [1.82, 2.24) is 0 Å². The van der Waals surface area contributed by atoms with Crippen LogP contribution in [0.2, 0.25) is 0 Å². The van der Waals surface area contributed by atoms with Crippen molar-refractivity contribution >= 4 is 29.8 Å². The van der Waals surface area contributed by atoms with Crippen LogP contribution in [0.5, 0.6) is 11.5 Å². The zero-order valence-electron chi connectivity index (χ0n) is 20.1. The second-order valence-electron chi connectivity index (χ2n) is 9.80. The van der Waals surface area contributed by atoms with Gasteiger partial charge in [-0.05, 0) is 13.8 Å². The Bertz CT molecular complexity index is 1300. The van der Waals surface area contributed by atoms with E-state index < -0.39 is 71.5 Å². The number of aliphatic hydroxyl groups excluding tert-OH is 1. The molecule has 5 rings (SSSR count). The van der Waals surface area contributed by atoms with Gasteiger partial charge >= 0.3 is 0 Å². The molecule has 2 aromatic rings. The van der Waals surface area contributed by atoms with Gasteiger partial charge in [-0.2, -0.15) is 0 Å². The molecule has 0 saturated carbocycles. The van der Waals surface area contributed by atoms with E-state index in [1.54, 1.807) is 19.1 Å². The fourth-order valence-electron chi connectivity index (χ4n) is 5.42. The number of Topliss-reactive ketones (excluding diaryl/α,β-unsaturated/α-hetero) is 1. The summed E-state index contributed by atoms with van der Waals surface area (Å²) < 4.78 is 11.8. The molecule has 3 aliphatic rings. The van der Waals surface area contributed by atoms with E-state index in [0.717, 1.165) is 0 Å². The Morgan fingerprint density at radius 2 is 1.68 bits per heavy atom. The quantitative estimate of drug-likeness (QED) is 0.309. The van der Waals surface area contributed by atoms with Gasteiger partial charge in [0.25, 0.3) is 0 Å². The molecule has 1 saturated heterocycles. The van der Waals surface area contributed by atoms with Gasteiger partial charge in [-0.15, -0.1) is 12.4 Å². The minimum Gasteiger partial charge on any atom is -0.507 e. The molecule has 6 atom stereocenters. The summed E-state index contributed by atoms with van der Waals surface area (Å²) in [5, 5.41) is 43.8. The zero-order valence-corrected chi connectivity index (χ0v) is 20.9. The summed E-state index contributed by atoms with van der Waals surface area (Å²) in [6.07, 6.45) is -4.38. The van der Waals surface area contributed by atoms with Gasteiger partial charge in [-0.25, -0.2) is 0 Å². The van der Waals surface area contributed by atoms with Crippen molar-refractivity contribution in [3.63, 3.8) is 0 Å². The third-order valence-corrected chi connectivity index (χ3v) is 7.50. The molecule has 0 radical (unpaired) electrons. The maximum atomic E-state index is 13.3. The van der Waals surface area contributed by atoms with Crippen LogP contribution >= 0.6 is 12.4 Å². The topological polar surface area (TPSA) is 177 Å². The van der Waals surface area contributed by atoms with E-state index in [0.29, 0.717) is 0 Å². The smallest absolute Gasteiger partial charge is 0.198 e. The number of phenols is 2. The van der Waals surface area contributed by atoms with Crippen LogP contribution in [0.15, 0.2) is 24.3 Å². The first-order valence-corrected chi connectivity index (χ1v) is 11.7. The van der Waals surface area contributed by atoms with Crippen LogP contribution in [0.4, 0.5) is 0 Å². The molecule has 198 valence electrons. The highest BCUT2D eigenvalue weighted by Gasteiger charge is 2.49.